The summed E-state index contributed by atoms with van der Waals surface area (Å²) < 4.78 is 7.01. The lowest BCUT2D eigenvalue weighted by molar-refractivity contribution is -0.115. The highest BCUT2D eigenvalue weighted by Crippen LogP contribution is 2.27. The maximum atomic E-state index is 12.2. The molecule has 0 atom stereocenters. The number of nitrogens with one attached hydrogen (secondary N) is 2. The van der Waals surface area contributed by atoms with Crippen LogP contribution in [0.2, 0.25) is 0 Å². The van der Waals surface area contributed by atoms with Crippen LogP contribution in [-0.4, -0.2) is 41.1 Å². The van der Waals surface area contributed by atoms with Gasteiger partial charge in [0.15, 0.2) is 5.13 Å². The average Bonchev–Trinajstić information content (AvgIpc) is 3.38. The van der Waals surface area contributed by atoms with Crippen molar-refractivity contribution in [1.82, 2.24) is 14.9 Å². The fourth-order valence-electron chi connectivity index (χ4n) is 2.99. The highest BCUT2D eigenvalue weighted by atomic mass is 32.1. The van der Waals surface area contributed by atoms with Gasteiger partial charge in [0.1, 0.15) is 0 Å². The highest BCUT2D eigenvalue weighted by molar-refractivity contribution is 7.14. The van der Waals surface area contributed by atoms with Gasteiger partial charge in [-0.3, -0.25) is 9.59 Å². The largest absolute Gasteiger partial charge is 0.378 e. The van der Waals surface area contributed by atoms with Gasteiger partial charge in [-0.1, -0.05) is 24.0 Å². The minimum absolute atomic E-state index is 0.0655. The summed E-state index contributed by atoms with van der Waals surface area (Å²) >= 11 is 1.33. The molecule has 1 aromatic carbocycles. The van der Waals surface area contributed by atoms with Crippen LogP contribution in [0.25, 0.3) is 11.3 Å². The van der Waals surface area contributed by atoms with E-state index >= 15 is 0 Å². The average molecular weight is 435 g/mol. The number of nitrogens with zero attached hydrogens (tertiary/aromatic N) is 2. The number of aromatic nitrogens is 2. The molecule has 31 heavy (non-hydrogen) atoms. The van der Waals surface area contributed by atoms with Crippen molar-refractivity contribution in [2.75, 3.05) is 25.1 Å². The van der Waals surface area contributed by atoms with E-state index in [0.29, 0.717) is 23.9 Å². The molecule has 0 radical (unpaired) electrons. The SMILES string of the molecule is Cn1ccc(C(=O)NCC(=O)Nc2nc(-c3cccc(C#CC4(C)COC4)c3)cs2)c1. The predicted molar refractivity (Wildman–Crippen MR) is 120 cm³/mol. The molecule has 8 heteroatoms. The zero-order valence-electron chi connectivity index (χ0n) is 17.3. The van der Waals surface area contributed by atoms with Gasteiger partial charge in [0.2, 0.25) is 5.91 Å². The molecule has 0 bridgehead atoms. The zero-order chi connectivity index (χ0) is 21.8. The third kappa shape index (κ3) is 5.20. The summed E-state index contributed by atoms with van der Waals surface area (Å²) in [4.78, 5) is 28.7. The van der Waals surface area contributed by atoms with Gasteiger partial charge < -0.3 is 19.9 Å². The Morgan fingerprint density at radius 2 is 2.16 bits per heavy atom. The van der Waals surface area contributed by atoms with Gasteiger partial charge in [0.25, 0.3) is 5.91 Å². The second-order valence-corrected chi connectivity index (χ2v) is 8.58. The number of benzene rings is 1. The Labute approximate surface area is 184 Å². The van der Waals surface area contributed by atoms with Gasteiger partial charge in [-0.25, -0.2) is 4.98 Å². The minimum Gasteiger partial charge on any atom is -0.378 e. The molecule has 4 rings (SSSR count). The van der Waals surface area contributed by atoms with Gasteiger partial charge in [-0.15, -0.1) is 11.3 Å². The zero-order valence-corrected chi connectivity index (χ0v) is 18.1. The number of hydrogen-bond acceptors (Lipinski definition) is 5. The number of carbonyl (C=O) groups is 2. The number of anilines is 1. The van der Waals surface area contributed by atoms with E-state index in [1.54, 1.807) is 23.0 Å². The van der Waals surface area contributed by atoms with E-state index in [9.17, 15) is 9.59 Å². The fraction of sp³-hybridized carbons (Fsp3) is 0.261. The summed E-state index contributed by atoms with van der Waals surface area (Å²) in [6.45, 7) is 3.29. The van der Waals surface area contributed by atoms with Crippen molar-refractivity contribution in [3.8, 4) is 23.1 Å². The van der Waals surface area contributed by atoms with Gasteiger partial charge in [-0.05, 0) is 25.1 Å². The first-order chi connectivity index (χ1) is 14.9. The Balaban J connectivity index is 1.35. The lowest BCUT2D eigenvalue weighted by Gasteiger charge is -2.32. The van der Waals surface area contributed by atoms with Gasteiger partial charge in [0.05, 0.1) is 36.4 Å². The normalized spacial score (nSPS) is 14.1. The molecule has 3 aromatic rings. The van der Waals surface area contributed by atoms with Gasteiger partial charge in [0, 0.05) is 35.9 Å². The van der Waals surface area contributed by atoms with E-state index in [0.717, 1.165) is 16.8 Å². The number of hydrogen-bond donors (Lipinski definition) is 2. The van der Waals surface area contributed by atoms with Crippen LogP contribution >= 0.6 is 11.3 Å². The third-order valence-corrected chi connectivity index (χ3v) is 5.52. The van der Waals surface area contributed by atoms with Crippen molar-refractivity contribution >= 4 is 28.3 Å². The molecule has 2 amide bonds. The predicted octanol–water partition coefficient (Wildman–Crippen LogP) is 2.91. The standard InChI is InChI=1S/C23H22N4O3S/c1-23(14-30-15-23)8-6-16-4-3-5-17(10-16)19-13-31-22(25-19)26-20(28)11-24-21(29)18-7-9-27(2)12-18/h3-5,7,9-10,12-13H,11,14-15H2,1-2H3,(H,24,29)(H,25,26,28). The minimum atomic E-state index is -0.333. The molecule has 0 unspecified atom stereocenters. The molecule has 1 fully saturated rings. The molecule has 0 saturated carbocycles. The van der Waals surface area contributed by atoms with Crippen molar-refractivity contribution < 1.29 is 14.3 Å². The first-order valence-electron chi connectivity index (χ1n) is 9.77. The van der Waals surface area contributed by atoms with Crippen LogP contribution in [-0.2, 0) is 16.6 Å². The van der Waals surface area contributed by atoms with E-state index in [2.05, 4.69) is 34.4 Å². The molecule has 2 N–H and O–H groups in total. The maximum Gasteiger partial charge on any atom is 0.253 e. The lowest BCUT2D eigenvalue weighted by atomic mass is 9.89. The summed E-state index contributed by atoms with van der Waals surface area (Å²) in [6, 6.07) is 9.54. The summed E-state index contributed by atoms with van der Waals surface area (Å²) in [6.07, 6.45) is 3.47. The lowest BCUT2D eigenvalue weighted by Crippen LogP contribution is -2.38. The van der Waals surface area contributed by atoms with Crippen LogP contribution in [0.15, 0.2) is 48.1 Å². The quantitative estimate of drug-likeness (QED) is 0.605. The topological polar surface area (TPSA) is 85.3 Å². The molecular weight excluding hydrogens is 412 g/mol. The van der Waals surface area contributed by atoms with Gasteiger partial charge in [-0.2, -0.15) is 0 Å². The molecule has 7 nitrogen and oxygen atoms in total. The molecule has 1 aliphatic rings. The number of rotatable bonds is 5. The van der Waals surface area contributed by atoms with Crippen LogP contribution in [0.5, 0.6) is 0 Å². The van der Waals surface area contributed by atoms with Crippen LogP contribution in [0.1, 0.15) is 22.8 Å². The molecule has 1 aliphatic heterocycles. The van der Waals surface area contributed by atoms with Gasteiger partial charge >= 0.3 is 0 Å². The molecule has 3 heterocycles. The second-order valence-electron chi connectivity index (χ2n) is 7.72. The smallest absolute Gasteiger partial charge is 0.253 e. The fourth-order valence-corrected chi connectivity index (χ4v) is 3.72. The monoisotopic (exact) mass is 434 g/mol. The molecule has 158 valence electrons. The molecule has 2 aromatic heterocycles. The molecule has 0 aliphatic carbocycles. The maximum absolute atomic E-state index is 12.2. The number of aryl methyl sites for hydroxylation is 1. The first kappa shape index (κ1) is 20.8. The molecule has 0 spiro atoms. The molecular formula is C23H22N4O3S. The number of amides is 2. The Bertz CT molecular complexity index is 1180. The number of ether oxygens (including phenoxy) is 1. The van der Waals surface area contributed by atoms with Crippen molar-refractivity contribution in [2.45, 2.75) is 6.92 Å². The van der Waals surface area contributed by atoms with E-state index in [1.165, 1.54) is 11.3 Å². The number of thiazole rings is 1. The van der Waals surface area contributed by atoms with Crippen molar-refractivity contribution in [3.63, 3.8) is 0 Å². The Hall–Kier alpha value is -3.41. The summed E-state index contributed by atoms with van der Waals surface area (Å²) in [5.74, 6) is 5.86. The Morgan fingerprint density at radius 3 is 2.87 bits per heavy atom. The van der Waals surface area contributed by atoms with Crippen LogP contribution in [0.3, 0.4) is 0 Å². The second kappa shape index (κ2) is 8.76. The van der Waals surface area contributed by atoms with Crippen molar-refractivity contribution in [1.29, 1.82) is 0 Å². The van der Waals surface area contributed by atoms with Crippen LogP contribution in [0.4, 0.5) is 5.13 Å². The van der Waals surface area contributed by atoms with Crippen molar-refractivity contribution in [2.24, 2.45) is 12.5 Å². The first-order valence-corrected chi connectivity index (χ1v) is 10.7. The molecule has 1 saturated heterocycles. The summed E-state index contributed by atoms with van der Waals surface area (Å²) in [7, 11) is 1.83. The Kier molecular flexibility index (Phi) is 5.89. The third-order valence-electron chi connectivity index (χ3n) is 4.76. The van der Waals surface area contributed by atoms with E-state index < -0.39 is 0 Å². The van der Waals surface area contributed by atoms with E-state index in [1.807, 2.05) is 36.7 Å². The summed E-state index contributed by atoms with van der Waals surface area (Å²) in [5, 5.41) is 7.69. The number of carbonyl (C=O) groups excluding carboxylic acids is 2. The van der Waals surface area contributed by atoms with E-state index in [4.69, 9.17) is 4.74 Å². The van der Waals surface area contributed by atoms with Crippen molar-refractivity contribution in [3.05, 3.63) is 59.2 Å². The Morgan fingerprint density at radius 1 is 1.32 bits per heavy atom. The summed E-state index contributed by atoms with van der Waals surface area (Å²) in [5.41, 5.74) is 3.04. The highest BCUT2D eigenvalue weighted by Gasteiger charge is 2.31. The van der Waals surface area contributed by atoms with Crippen LogP contribution in [0, 0.1) is 17.3 Å². The van der Waals surface area contributed by atoms with Crippen LogP contribution < -0.4 is 10.6 Å². The van der Waals surface area contributed by atoms with E-state index in [-0.39, 0.29) is 23.8 Å².